The second-order valence-corrected chi connectivity index (χ2v) is 9.10. The van der Waals surface area contributed by atoms with E-state index in [0.29, 0.717) is 43.0 Å². The molecule has 1 saturated heterocycles. The number of nitriles is 1. The molecule has 1 spiro atoms. The van der Waals surface area contributed by atoms with Gasteiger partial charge in [-0.2, -0.15) is 18.4 Å². The van der Waals surface area contributed by atoms with Crippen LogP contribution in [-0.4, -0.2) is 47.6 Å². The summed E-state index contributed by atoms with van der Waals surface area (Å²) in [7, 11) is 1.68. The highest BCUT2D eigenvalue weighted by Gasteiger charge is 2.59. The van der Waals surface area contributed by atoms with Gasteiger partial charge in [-0.3, -0.25) is 14.5 Å². The predicted molar refractivity (Wildman–Crippen MR) is 124 cm³/mol. The fourth-order valence-corrected chi connectivity index (χ4v) is 5.23. The number of thiocarbonyl (C=S) groups is 1. The SMILES string of the molecule is CN1CCOc2cc(N3C(=S)N(c4ccc(C#N)c(C(F)(F)F)c4)C(=O)C34CCC4)ccc2C1=O. The van der Waals surface area contributed by atoms with Gasteiger partial charge in [0.2, 0.25) is 0 Å². The third kappa shape index (κ3) is 3.43. The third-order valence-corrected chi connectivity index (χ3v) is 7.13. The van der Waals surface area contributed by atoms with Crippen LogP contribution in [0.3, 0.4) is 0 Å². The minimum Gasteiger partial charge on any atom is -0.491 e. The van der Waals surface area contributed by atoms with E-state index >= 15 is 0 Å². The van der Waals surface area contributed by atoms with Crippen molar-refractivity contribution in [2.24, 2.45) is 0 Å². The summed E-state index contributed by atoms with van der Waals surface area (Å²) < 4.78 is 46.5. The van der Waals surface area contributed by atoms with Gasteiger partial charge in [0.15, 0.2) is 5.11 Å². The molecule has 7 nitrogen and oxygen atoms in total. The smallest absolute Gasteiger partial charge is 0.417 e. The van der Waals surface area contributed by atoms with Crippen molar-refractivity contribution < 1.29 is 27.5 Å². The van der Waals surface area contributed by atoms with Gasteiger partial charge in [0.25, 0.3) is 11.8 Å². The Morgan fingerprint density at radius 3 is 2.46 bits per heavy atom. The van der Waals surface area contributed by atoms with Crippen LogP contribution in [0.25, 0.3) is 0 Å². The van der Waals surface area contributed by atoms with Crippen molar-refractivity contribution in [2.45, 2.75) is 31.0 Å². The molecular formula is C24H19F3N4O3S. The van der Waals surface area contributed by atoms with Gasteiger partial charge in [-0.1, -0.05) is 0 Å². The van der Waals surface area contributed by atoms with Gasteiger partial charge in [0, 0.05) is 18.8 Å². The summed E-state index contributed by atoms with van der Waals surface area (Å²) in [6.45, 7) is 0.714. The first kappa shape index (κ1) is 23.1. The number of hydrogen-bond acceptors (Lipinski definition) is 5. The largest absolute Gasteiger partial charge is 0.491 e. The van der Waals surface area contributed by atoms with E-state index in [0.717, 1.165) is 23.5 Å². The number of halogens is 3. The number of carbonyl (C=O) groups excluding carboxylic acids is 2. The maximum atomic E-state index is 13.6. The van der Waals surface area contributed by atoms with Gasteiger partial charge >= 0.3 is 6.18 Å². The zero-order chi connectivity index (χ0) is 25.1. The van der Waals surface area contributed by atoms with E-state index in [1.54, 1.807) is 41.1 Å². The van der Waals surface area contributed by atoms with Crippen LogP contribution >= 0.6 is 12.2 Å². The molecule has 35 heavy (non-hydrogen) atoms. The van der Waals surface area contributed by atoms with Crippen LogP contribution in [0, 0.1) is 11.3 Å². The van der Waals surface area contributed by atoms with E-state index in [4.69, 9.17) is 22.2 Å². The van der Waals surface area contributed by atoms with Crippen molar-refractivity contribution in [1.29, 1.82) is 5.26 Å². The molecule has 0 bridgehead atoms. The van der Waals surface area contributed by atoms with Crippen LogP contribution < -0.4 is 14.5 Å². The summed E-state index contributed by atoms with van der Waals surface area (Å²) in [6.07, 6.45) is -3.06. The molecular weight excluding hydrogens is 481 g/mol. The molecule has 0 unspecified atom stereocenters. The van der Waals surface area contributed by atoms with Gasteiger partial charge in [-0.05, 0) is 61.8 Å². The first-order chi connectivity index (χ1) is 16.6. The second-order valence-electron chi connectivity index (χ2n) is 8.74. The molecule has 11 heteroatoms. The molecule has 2 fully saturated rings. The average molecular weight is 501 g/mol. The zero-order valence-corrected chi connectivity index (χ0v) is 19.4. The molecule has 0 atom stereocenters. The van der Waals surface area contributed by atoms with Crippen LogP contribution in [-0.2, 0) is 11.0 Å². The Balaban J connectivity index is 1.59. The maximum Gasteiger partial charge on any atom is 0.417 e. The lowest BCUT2D eigenvalue weighted by Crippen LogP contribution is -2.55. The molecule has 0 radical (unpaired) electrons. The Bertz CT molecular complexity index is 1320. The normalized spacial score (nSPS) is 19.3. The van der Waals surface area contributed by atoms with Crippen molar-refractivity contribution in [1.82, 2.24) is 4.90 Å². The Morgan fingerprint density at radius 2 is 1.83 bits per heavy atom. The minimum atomic E-state index is -4.77. The summed E-state index contributed by atoms with van der Waals surface area (Å²) >= 11 is 5.64. The van der Waals surface area contributed by atoms with Crippen LogP contribution in [0.1, 0.15) is 40.7 Å². The standard InChI is InChI=1S/C24H19F3N4O3S/c1-29-9-10-34-19-12-16(5-6-17(19)20(29)32)31-22(35)30(21(33)23(31)7-2-8-23)15-4-3-14(13-28)18(11-15)24(25,26)27/h3-6,11-12H,2,7-10H2,1H3. The highest BCUT2D eigenvalue weighted by molar-refractivity contribution is 7.81. The summed E-state index contributed by atoms with van der Waals surface area (Å²) in [5.74, 6) is -0.252. The molecule has 2 aromatic rings. The molecule has 5 rings (SSSR count). The number of anilines is 2. The number of nitrogens with zero attached hydrogens (tertiary/aromatic N) is 4. The van der Waals surface area contributed by atoms with E-state index in [1.807, 2.05) is 0 Å². The lowest BCUT2D eigenvalue weighted by molar-refractivity contribution is -0.137. The topological polar surface area (TPSA) is 76.9 Å². The van der Waals surface area contributed by atoms with Gasteiger partial charge in [0.1, 0.15) is 17.9 Å². The number of benzene rings is 2. The summed E-state index contributed by atoms with van der Waals surface area (Å²) in [4.78, 5) is 30.5. The van der Waals surface area contributed by atoms with Crippen LogP contribution in [0.15, 0.2) is 36.4 Å². The van der Waals surface area contributed by atoms with E-state index in [-0.39, 0.29) is 16.7 Å². The molecule has 1 aliphatic carbocycles. The van der Waals surface area contributed by atoms with E-state index < -0.39 is 28.7 Å². The lowest BCUT2D eigenvalue weighted by atomic mass is 9.75. The highest BCUT2D eigenvalue weighted by Crippen LogP contribution is 2.49. The van der Waals surface area contributed by atoms with E-state index in [9.17, 15) is 22.8 Å². The second kappa shape index (κ2) is 7.95. The summed E-state index contributed by atoms with van der Waals surface area (Å²) in [6, 6.07) is 9.60. The van der Waals surface area contributed by atoms with Crippen molar-refractivity contribution in [3.63, 3.8) is 0 Å². The van der Waals surface area contributed by atoms with Crippen LogP contribution in [0.2, 0.25) is 0 Å². The number of rotatable bonds is 2. The van der Waals surface area contributed by atoms with Crippen molar-refractivity contribution in [3.8, 4) is 11.8 Å². The maximum absolute atomic E-state index is 13.6. The molecule has 1 saturated carbocycles. The molecule has 2 aliphatic heterocycles. The summed E-state index contributed by atoms with van der Waals surface area (Å²) in [5, 5.41) is 9.14. The Hall–Kier alpha value is -3.65. The van der Waals surface area contributed by atoms with Crippen molar-refractivity contribution in [3.05, 3.63) is 53.1 Å². The first-order valence-electron chi connectivity index (χ1n) is 10.9. The van der Waals surface area contributed by atoms with Crippen molar-refractivity contribution in [2.75, 3.05) is 30.0 Å². The number of amides is 2. The molecule has 2 heterocycles. The Morgan fingerprint density at radius 1 is 1.11 bits per heavy atom. The predicted octanol–water partition coefficient (Wildman–Crippen LogP) is 4.10. The molecule has 0 aromatic heterocycles. The van der Waals surface area contributed by atoms with Gasteiger partial charge in [-0.25, -0.2) is 0 Å². The molecule has 0 N–H and O–H groups in total. The molecule has 180 valence electrons. The molecule has 3 aliphatic rings. The fourth-order valence-electron chi connectivity index (χ4n) is 4.76. The number of hydrogen-bond donors (Lipinski definition) is 0. The minimum absolute atomic E-state index is 0.0320. The van der Waals surface area contributed by atoms with Gasteiger partial charge in [-0.15, -0.1) is 0 Å². The highest BCUT2D eigenvalue weighted by atomic mass is 32.1. The number of ether oxygens (including phenoxy) is 1. The lowest BCUT2D eigenvalue weighted by Gasteiger charge is -2.43. The zero-order valence-electron chi connectivity index (χ0n) is 18.6. The van der Waals surface area contributed by atoms with Crippen LogP contribution in [0.4, 0.5) is 24.5 Å². The average Bonchev–Trinajstić information content (AvgIpc) is 2.94. The third-order valence-electron chi connectivity index (χ3n) is 6.76. The van der Waals surface area contributed by atoms with Crippen LogP contribution in [0.5, 0.6) is 5.75 Å². The Labute approximate surface area is 204 Å². The number of likely N-dealkylation sites (N-methyl/N-ethyl adjacent to an activating group) is 1. The van der Waals surface area contributed by atoms with E-state index in [2.05, 4.69) is 0 Å². The van der Waals surface area contributed by atoms with Gasteiger partial charge in [0.05, 0.1) is 35.0 Å². The first-order valence-corrected chi connectivity index (χ1v) is 11.3. The Kier molecular flexibility index (Phi) is 5.25. The molecule has 2 amide bonds. The monoisotopic (exact) mass is 500 g/mol. The fraction of sp³-hybridized carbons (Fsp3) is 0.333. The number of alkyl halides is 3. The van der Waals surface area contributed by atoms with Gasteiger partial charge < -0.3 is 14.5 Å². The summed E-state index contributed by atoms with van der Waals surface area (Å²) in [5.41, 5.74) is -1.84. The van der Waals surface area contributed by atoms with Crippen molar-refractivity contribution >= 4 is 40.5 Å². The number of fused-ring (bicyclic) bond motifs is 1. The molecule has 2 aromatic carbocycles. The quantitative estimate of drug-likeness (QED) is 0.578. The number of carbonyl (C=O) groups is 2. The van der Waals surface area contributed by atoms with E-state index in [1.165, 1.54) is 6.07 Å².